The van der Waals surface area contributed by atoms with E-state index in [0.29, 0.717) is 16.8 Å². The predicted octanol–water partition coefficient (Wildman–Crippen LogP) is 4.96. The van der Waals surface area contributed by atoms with Gasteiger partial charge >= 0.3 is 0 Å². The number of halogens is 2. The fourth-order valence-electron chi connectivity index (χ4n) is 2.32. The van der Waals surface area contributed by atoms with E-state index in [1.165, 1.54) is 0 Å². The van der Waals surface area contributed by atoms with E-state index in [-0.39, 0.29) is 15.8 Å². The minimum absolute atomic E-state index is 0.128. The molecule has 4 heteroatoms. The van der Waals surface area contributed by atoms with E-state index in [2.05, 4.69) is 0 Å². The van der Waals surface area contributed by atoms with E-state index >= 15 is 0 Å². The second-order valence-corrected chi connectivity index (χ2v) is 5.50. The van der Waals surface area contributed by atoms with Crippen LogP contribution in [0.2, 0.25) is 10.0 Å². The van der Waals surface area contributed by atoms with Crippen molar-refractivity contribution in [1.82, 2.24) is 0 Å². The van der Waals surface area contributed by atoms with Gasteiger partial charge in [-0.2, -0.15) is 0 Å². The molecule has 0 atom stereocenters. The van der Waals surface area contributed by atoms with Gasteiger partial charge in [-0.1, -0.05) is 65.7 Å². The minimum atomic E-state index is -0.128. The lowest BCUT2D eigenvalue weighted by Gasteiger charge is -2.08. The molecule has 0 bridgehead atoms. The molecule has 0 aromatic heterocycles. The molecule has 104 valence electrons. The van der Waals surface area contributed by atoms with Crippen molar-refractivity contribution in [2.45, 2.75) is 0 Å². The molecule has 3 aromatic carbocycles. The van der Waals surface area contributed by atoms with E-state index in [1.54, 1.807) is 18.2 Å². The summed E-state index contributed by atoms with van der Waals surface area (Å²) in [6, 6.07) is 16.5. The normalized spacial score (nSPS) is 10.8. The number of carbonyl (C=O) groups excluding carboxylic acids is 1. The fraction of sp³-hybridized carbons (Fsp3) is 0. The van der Waals surface area contributed by atoms with Crippen molar-refractivity contribution >= 4 is 45.4 Å². The van der Waals surface area contributed by atoms with Crippen molar-refractivity contribution in [2.75, 3.05) is 5.73 Å². The number of benzene rings is 3. The van der Waals surface area contributed by atoms with Crippen molar-refractivity contribution in [1.29, 1.82) is 0 Å². The molecule has 0 fully saturated rings. The summed E-state index contributed by atoms with van der Waals surface area (Å²) in [6.07, 6.45) is 0. The van der Waals surface area contributed by atoms with Crippen LogP contribution >= 0.6 is 23.2 Å². The van der Waals surface area contributed by atoms with Gasteiger partial charge in [0.25, 0.3) is 0 Å². The first-order chi connectivity index (χ1) is 10.1. The van der Waals surface area contributed by atoms with Gasteiger partial charge < -0.3 is 5.73 Å². The summed E-state index contributed by atoms with van der Waals surface area (Å²) in [5.74, 6) is -0.128. The maximum Gasteiger partial charge on any atom is 0.193 e. The first-order valence-electron chi connectivity index (χ1n) is 6.35. The molecular weight excluding hydrogens is 305 g/mol. The summed E-state index contributed by atoms with van der Waals surface area (Å²) in [6.45, 7) is 0. The molecule has 0 radical (unpaired) electrons. The molecule has 0 aliphatic rings. The molecule has 3 aromatic rings. The Labute approximate surface area is 132 Å². The van der Waals surface area contributed by atoms with Gasteiger partial charge in [0.05, 0.1) is 15.7 Å². The molecule has 0 aliphatic carbocycles. The molecule has 3 rings (SSSR count). The zero-order chi connectivity index (χ0) is 15.0. The van der Waals surface area contributed by atoms with Crippen molar-refractivity contribution in [3.8, 4) is 0 Å². The average molecular weight is 316 g/mol. The molecule has 0 amide bonds. The Balaban J connectivity index is 2.17. The first-order valence-corrected chi connectivity index (χ1v) is 7.10. The van der Waals surface area contributed by atoms with Gasteiger partial charge in [0, 0.05) is 11.1 Å². The third-order valence-corrected chi connectivity index (χ3v) is 4.17. The molecular formula is C17H11Cl2NO. The Bertz CT molecular complexity index is 830. The highest BCUT2D eigenvalue weighted by Crippen LogP contribution is 2.31. The summed E-state index contributed by atoms with van der Waals surface area (Å²) < 4.78 is 0. The van der Waals surface area contributed by atoms with Crippen LogP contribution in [0.1, 0.15) is 15.9 Å². The maximum absolute atomic E-state index is 12.7. The molecule has 21 heavy (non-hydrogen) atoms. The number of nitrogen functional groups attached to an aromatic ring is 1. The lowest BCUT2D eigenvalue weighted by molar-refractivity contribution is 0.104. The van der Waals surface area contributed by atoms with Crippen LogP contribution in [-0.4, -0.2) is 5.78 Å². The number of rotatable bonds is 2. The van der Waals surface area contributed by atoms with Crippen LogP contribution in [-0.2, 0) is 0 Å². The highest BCUT2D eigenvalue weighted by molar-refractivity contribution is 6.44. The molecule has 0 saturated carbocycles. The van der Waals surface area contributed by atoms with Gasteiger partial charge in [0.1, 0.15) is 0 Å². The van der Waals surface area contributed by atoms with Crippen molar-refractivity contribution < 1.29 is 4.79 Å². The third kappa shape index (κ3) is 2.48. The number of nitrogens with two attached hydrogens (primary N) is 1. The highest BCUT2D eigenvalue weighted by Gasteiger charge is 2.15. The second kappa shape index (κ2) is 5.40. The summed E-state index contributed by atoms with van der Waals surface area (Å²) in [5.41, 5.74) is 7.13. The Morgan fingerprint density at radius 1 is 0.952 bits per heavy atom. The summed E-state index contributed by atoms with van der Waals surface area (Å²) in [7, 11) is 0. The van der Waals surface area contributed by atoms with E-state index in [1.807, 2.05) is 36.4 Å². The fourth-order valence-corrected chi connectivity index (χ4v) is 2.66. The third-order valence-electron chi connectivity index (χ3n) is 3.35. The highest BCUT2D eigenvalue weighted by atomic mass is 35.5. The van der Waals surface area contributed by atoms with Crippen molar-refractivity contribution in [3.05, 3.63) is 75.8 Å². The number of hydrogen-bond acceptors (Lipinski definition) is 2. The van der Waals surface area contributed by atoms with Crippen molar-refractivity contribution in [3.63, 3.8) is 0 Å². The Kier molecular flexibility index (Phi) is 3.58. The number of anilines is 1. The zero-order valence-corrected chi connectivity index (χ0v) is 12.4. The molecule has 0 heterocycles. The topological polar surface area (TPSA) is 43.1 Å². The molecule has 2 nitrogen and oxygen atoms in total. The predicted molar refractivity (Wildman–Crippen MR) is 88.3 cm³/mol. The van der Waals surface area contributed by atoms with E-state index < -0.39 is 0 Å². The van der Waals surface area contributed by atoms with Crippen LogP contribution in [0.15, 0.2) is 54.6 Å². The van der Waals surface area contributed by atoms with Gasteiger partial charge in [-0.25, -0.2) is 0 Å². The maximum atomic E-state index is 12.7. The summed E-state index contributed by atoms with van der Waals surface area (Å²) in [5, 5.41) is 2.46. The quantitative estimate of drug-likeness (QED) is 0.536. The first kappa shape index (κ1) is 13.9. The molecule has 0 unspecified atom stereocenters. The summed E-state index contributed by atoms with van der Waals surface area (Å²) in [4.78, 5) is 12.7. The molecule has 2 N–H and O–H groups in total. The average Bonchev–Trinajstić information content (AvgIpc) is 2.51. The summed E-state index contributed by atoms with van der Waals surface area (Å²) >= 11 is 11.9. The zero-order valence-electron chi connectivity index (χ0n) is 10.9. The molecule has 0 saturated heterocycles. The lowest BCUT2D eigenvalue weighted by atomic mass is 9.97. The SMILES string of the molecule is Nc1cc(C(=O)c2cccc3ccccc23)cc(Cl)c1Cl. The number of carbonyl (C=O) groups is 1. The van der Waals surface area contributed by atoms with E-state index in [4.69, 9.17) is 28.9 Å². The van der Waals surface area contributed by atoms with Crippen LogP contribution in [0.4, 0.5) is 5.69 Å². The van der Waals surface area contributed by atoms with E-state index in [9.17, 15) is 4.79 Å². The standard InChI is InChI=1S/C17H11Cl2NO/c18-14-8-11(9-15(20)16(14)19)17(21)13-7-3-5-10-4-1-2-6-12(10)13/h1-9H,20H2. The van der Waals surface area contributed by atoms with Crippen molar-refractivity contribution in [2.24, 2.45) is 0 Å². The van der Waals surface area contributed by atoms with Gasteiger partial charge in [0.15, 0.2) is 5.78 Å². The van der Waals surface area contributed by atoms with Crippen LogP contribution in [0, 0.1) is 0 Å². The van der Waals surface area contributed by atoms with Gasteiger partial charge in [-0.15, -0.1) is 0 Å². The lowest BCUT2D eigenvalue weighted by Crippen LogP contribution is -2.03. The largest absolute Gasteiger partial charge is 0.397 e. The Morgan fingerprint density at radius 3 is 2.43 bits per heavy atom. The van der Waals surface area contributed by atoms with E-state index in [0.717, 1.165) is 10.8 Å². The number of fused-ring (bicyclic) bond motifs is 1. The number of hydrogen-bond donors (Lipinski definition) is 1. The monoisotopic (exact) mass is 315 g/mol. The van der Waals surface area contributed by atoms with Crippen LogP contribution in [0.3, 0.4) is 0 Å². The smallest absolute Gasteiger partial charge is 0.193 e. The van der Waals surface area contributed by atoms with Crippen LogP contribution < -0.4 is 5.73 Å². The van der Waals surface area contributed by atoms with Gasteiger partial charge in [-0.05, 0) is 22.9 Å². The molecule has 0 aliphatic heterocycles. The van der Waals surface area contributed by atoms with Crippen LogP contribution in [0.5, 0.6) is 0 Å². The second-order valence-electron chi connectivity index (χ2n) is 4.72. The van der Waals surface area contributed by atoms with Gasteiger partial charge in [-0.3, -0.25) is 4.79 Å². The molecule has 0 spiro atoms. The van der Waals surface area contributed by atoms with Gasteiger partial charge in [0.2, 0.25) is 0 Å². The minimum Gasteiger partial charge on any atom is -0.397 e. The Morgan fingerprint density at radius 2 is 1.67 bits per heavy atom. The number of ketones is 1. The van der Waals surface area contributed by atoms with Crippen LogP contribution in [0.25, 0.3) is 10.8 Å². The Hall–Kier alpha value is -2.03.